The highest BCUT2D eigenvalue weighted by atomic mass is 79.9. The molecule has 22 heteroatoms. The van der Waals surface area contributed by atoms with E-state index >= 15 is 35.1 Å². The quantitative estimate of drug-likeness (QED) is 0.0698. The molecule has 18 aromatic carbocycles. The summed E-state index contributed by atoms with van der Waals surface area (Å²) >= 11 is 9.31. The first kappa shape index (κ1) is 83.6. The molecule has 0 saturated carbocycles. The van der Waals surface area contributed by atoms with Crippen molar-refractivity contribution in [2.24, 2.45) is 0 Å². The summed E-state index contributed by atoms with van der Waals surface area (Å²) < 4.78 is 134. The lowest BCUT2D eigenvalue weighted by atomic mass is 9.30. The molecule has 0 aliphatic carbocycles. The summed E-state index contributed by atoms with van der Waals surface area (Å²) in [6, 6.07) is 130. The van der Waals surface area contributed by atoms with E-state index in [-0.39, 0.29) is 25.9 Å². The maximum atomic E-state index is 17.3. The van der Waals surface area contributed by atoms with Crippen LogP contribution >= 0.6 is 47.3 Å². The molecule has 8 nitrogen and oxygen atoms in total. The molecule has 0 amide bonds. The predicted octanol–water partition coefficient (Wildman–Crippen LogP) is 28.7. The molecule has 130 heavy (non-hydrogen) atoms. The van der Waals surface area contributed by atoms with Gasteiger partial charge in [-0.15, -0.1) is 47.3 Å². The molecule has 4 aliphatic heterocycles. The number of nitrogens with zero attached hydrogens (tertiary/aromatic N) is 8. The second kappa shape index (κ2) is 35.9. The van der Waals surface area contributed by atoms with Crippen molar-refractivity contribution < 1.29 is 35.1 Å². The van der Waals surface area contributed by atoms with Gasteiger partial charge in [-0.2, -0.15) is 0 Å². The van der Waals surface area contributed by atoms with Crippen molar-refractivity contribution in [3.8, 4) is 0 Å². The molecule has 22 rings (SSSR count). The van der Waals surface area contributed by atoms with Gasteiger partial charge in [0.25, 0.3) is 13.4 Å². The second-order valence-corrected chi connectivity index (χ2v) is 37.6. The van der Waals surface area contributed by atoms with Crippen LogP contribution in [0.2, 0.25) is 0 Å². The molecule has 0 spiro atoms. The number of hydrogen-bond donors (Lipinski definition) is 0. The summed E-state index contributed by atoms with van der Waals surface area (Å²) in [6.07, 6.45) is 0. The molecule has 0 bridgehead atoms. The lowest BCUT2D eigenvalue weighted by molar-refractivity contribution is 0.510. The van der Waals surface area contributed by atoms with Gasteiger partial charge in [0.2, 0.25) is 0 Å². The van der Waals surface area contributed by atoms with Crippen LogP contribution in [0.1, 0.15) is 0 Å². The monoisotopic (exact) mass is 1900 g/mol. The molecule has 18 aromatic rings. The largest absolute Gasteiger partial charge is 0.369 e. The van der Waals surface area contributed by atoms with Gasteiger partial charge < -0.3 is 39.2 Å². The highest BCUT2D eigenvalue weighted by Gasteiger charge is 2.51. The highest BCUT2D eigenvalue weighted by Crippen LogP contribution is 2.53. The Hall–Kier alpha value is -14.6. The third-order valence-electron chi connectivity index (χ3n) is 23.7. The van der Waals surface area contributed by atoms with Crippen LogP contribution in [0.3, 0.4) is 0 Å². The summed E-state index contributed by atoms with van der Waals surface area (Å²) in [5, 5.41) is 0. The number of hydrogen-bond acceptors (Lipinski definition) is 8. The molecule has 0 aromatic heterocycles. The normalized spacial score (nSPS) is 12.2. The standard InChI is InChI=1S/C54H32B2F4N4.C54H38F4N4.BBr3/c57-41-30-47-49-53(51(41)59)63(35-21-9-3-10-22-35)45-32-46-40(29-39(45)55(49)37-25-13-15-27-43(37)61(47)33-17-5-1-6-18-33)56-38-26-14-16-28-44(38)62(34-19-7-2-8-20-34)48-31-42(58)52(60)54(50(48)56)64(46)36-23-11-4-12-24-36;55-49-35-47(59(39-20-7-1-8-21-39)40-22-9-2-10-23-40)37-51(53(49)57)61(43-28-15-5-16-29-43)45-32-19-33-46(34-45)62(44-30-17-6-18-31-44)52-38-48(36-50(56)54(52)58)60(41-24-11-3-12-25-41)42-26-13-4-14-27-42;2-1(3)4/h1-32H;1-38H;. The molecule has 0 fully saturated rings. The molecule has 628 valence electrons. The number of benzene rings is 18. The van der Waals surface area contributed by atoms with Crippen LogP contribution in [0, 0.1) is 46.5 Å². The second-order valence-electron chi connectivity index (χ2n) is 31.2. The topological polar surface area (TPSA) is 25.9 Å². The van der Waals surface area contributed by atoms with E-state index in [9.17, 15) is 0 Å². The summed E-state index contributed by atoms with van der Waals surface area (Å²) in [4.78, 5) is 14.6. The molecule has 0 atom stereocenters. The van der Waals surface area contributed by atoms with Gasteiger partial charge in [-0.1, -0.05) is 231 Å². The fraction of sp³-hybridized carbons (Fsp3) is 0. The minimum Gasteiger partial charge on any atom is -0.311 e. The lowest BCUT2D eigenvalue weighted by Gasteiger charge is -2.47. The zero-order chi connectivity index (χ0) is 88.8. The first-order chi connectivity index (χ1) is 63.6. The van der Waals surface area contributed by atoms with Gasteiger partial charge in [0.15, 0.2) is 46.5 Å². The third-order valence-corrected chi connectivity index (χ3v) is 23.7. The average molecular weight is 1900 g/mol. The number of fused-ring (bicyclic) bond motifs is 8. The fourth-order valence-electron chi connectivity index (χ4n) is 18.5. The maximum Gasteiger partial charge on any atom is 0.369 e. The lowest BCUT2D eigenvalue weighted by Crippen LogP contribution is -2.65. The van der Waals surface area contributed by atoms with Gasteiger partial charge in [-0.25, -0.2) is 35.1 Å². The van der Waals surface area contributed by atoms with Crippen LogP contribution in [0.15, 0.2) is 425 Å². The molecule has 0 unspecified atom stereocenters. The smallest absolute Gasteiger partial charge is 0.311 e. The molecule has 4 aliphatic rings. The Labute approximate surface area is 772 Å². The number of rotatable bonds is 16. The van der Waals surface area contributed by atoms with E-state index in [1.54, 1.807) is 80.3 Å². The van der Waals surface area contributed by atoms with Crippen LogP contribution in [-0.2, 0) is 0 Å². The van der Waals surface area contributed by atoms with Crippen molar-refractivity contribution in [2.75, 3.05) is 39.2 Å². The number of para-hydroxylation sites is 12. The summed E-state index contributed by atoms with van der Waals surface area (Å²) in [5.74, 6) is -8.15. The van der Waals surface area contributed by atoms with E-state index in [0.29, 0.717) is 79.2 Å². The molecule has 0 saturated heterocycles. The Morgan fingerprint density at radius 2 is 0.454 bits per heavy atom. The average Bonchev–Trinajstić information content (AvgIpc) is 0.679. The Balaban J connectivity index is 0.000000156. The van der Waals surface area contributed by atoms with Crippen LogP contribution in [0.25, 0.3) is 0 Å². The van der Waals surface area contributed by atoms with E-state index in [4.69, 9.17) is 0 Å². The van der Waals surface area contributed by atoms with Crippen molar-refractivity contribution >= 4 is 233 Å². The Kier molecular flexibility index (Phi) is 23.1. The maximum absolute atomic E-state index is 17.3. The van der Waals surface area contributed by atoms with Crippen LogP contribution < -0.4 is 72.0 Å². The van der Waals surface area contributed by atoms with E-state index in [1.807, 2.05) is 341 Å². The van der Waals surface area contributed by atoms with Gasteiger partial charge in [-0.3, -0.25) is 0 Å². The summed E-state index contributed by atoms with van der Waals surface area (Å²) in [7, 11) is 0. The van der Waals surface area contributed by atoms with Crippen molar-refractivity contribution in [1.29, 1.82) is 0 Å². The van der Waals surface area contributed by atoms with E-state index in [0.717, 1.165) is 67.4 Å². The molecular weight excluding hydrogens is 1830 g/mol. The number of anilines is 24. The first-order valence-electron chi connectivity index (χ1n) is 42.0. The van der Waals surface area contributed by atoms with Gasteiger partial charge in [0, 0.05) is 127 Å². The molecule has 0 N–H and O–H groups in total. The van der Waals surface area contributed by atoms with Crippen molar-refractivity contribution in [3.63, 3.8) is 0 Å². The van der Waals surface area contributed by atoms with Gasteiger partial charge in [0.1, 0.15) is 0 Å². The van der Waals surface area contributed by atoms with Crippen LogP contribution in [-0.4, -0.2) is 16.6 Å². The van der Waals surface area contributed by atoms with E-state index < -0.39 is 60.0 Å². The first-order valence-corrected chi connectivity index (χ1v) is 44.7. The van der Waals surface area contributed by atoms with Crippen molar-refractivity contribution in [3.05, 3.63) is 471 Å². The zero-order valence-corrected chi connectivity index (χ0v) is 73.6. The molecule has 4 heterocycles. The highest BCUT2D eigenvalue weighted by molar-refractivity contribution is 9.69. The van der Waals surface area contributed by atoms with Crippen molar-refractivity contribution in [1.82, 2.24) is 0 Å². The van der Waals surface area contributed by atoms with Gasteiger partial charge in [-0.05, 0) is 203 Å². The zero-order valence-electron chi connectivity index (χ0n) is 68.9. The third kappa shape index (κ3) is 15.4. The van der Waals surface area contributed by atoms with E-state index in [1.165, 1.54) is 24.3 Å². The minimum absolute atomic E-state index is 0.0629. The Bertz CT molecular complexity index is 6720. The van der Waals surface area contributed by atoms with Gasteiger partial charge in [0.05, 0.1) is 34.1 Å². The fourth-order valence-corrected chi connectivity index (χ4v) is 18.5. The van der Waals surface area contributed by atoms with E-state index in [2.05, 4.69) is 65.5 Å². The van der Waals surface area contributed by atoms with Gasteiger partial charge >= 0.3 is 3.18 Å². The molecular formula is C108H70B3Br3F8N8. The Morgan fingerprint density at radius 1 is 0.200 bits per heavy atom. The van der Waals surface area contributed by atoms with Crippen molar-refractivity contribution in [2.45, 2.75) is 0 Å². The molecule has 0 radical (unpaired) electrons. The van der Waals surface area contributed by atoms with Crippen LogP contribution in [0.4, 0.5) is 172 Å². The predicted molar refractivity (Wildman–Crippen MR) is 532 cm³/mol. The summed E-state index contributed by atoms with van der Waals surface area (Å²) in [5.41, 5.74) is 17.4. The minimum atomic E-state index is -1.06. The van der Waals surface area contributed by atoms with Crippen LogP contribution in [0.5, 0.6) is 0 Å². The number of halogens is 11. The summed E-state index contributed by atoms with van der Waals surface area (Å²) in [6.45, 7) is -1.10. The SMILES string of the molecule is BrB(Br)Br.Fc1cc(N(c2ccccc2)c2ccccc2)cc(N(c2ccccc2)c2cccc(N(c3ccccc3)c3cc(N(c4ccccc4)c4ccccc4)cc(F)c3F)c2)c1F.Fc1cc2c3c(c1F)N(c1ccccc1)c1cc4c(cc1B3c1ccccc1N2c1ccccc1)B1c2ccccc2N(c2ccccc2)c2cc(F)c(F)c(c21)N4c1ccccc1. The Morgan fingerprint density at radius 3 is 0.762 bits per heavy atom.